The number of phenols is 1. The Labute approximate surface area is 154 Å². The largest absolute Gasteiger partial charge is 0.506 e. The van der Waals surface area contributed by atoms with Crippen molar-refractivity contribution in [2.75, 3.05) is 0 Å². The molecule has 0 saturated carbocycles. The Hall–Kier alpha value is -2.86. The van der Waals surface area contributed by atoms with Crippen LogP contribution in [-0.2, 0) is 20.2 Å². The van der Waals surface area contributed by atoms with Gasteiger partial charge in [0.2, 0.25) is 0 Å². The van der Waals surface area contributed by atoms with E-state index in [2.05, 4.69) is 10.2 Å². The third-order valence-electron chi connectivity index (χ3n) is 3.60. The summed E-state index contributed by atoms with van der Waals surface area (Å²) < 4.78 is 65.1. The molecule has 0 amide bonds. The Morgan fingerprint density at radius 3 is 2.04 bits per heavy atom. The Morgan fingerprint density at radius 2 is 1.44 bits per heavy atom. The number of hydrogen-bond donors (Lipinski definition) is 3. The van der Waals surface area contributed by atoms with Crippen LogP contribution < -0.4 is 0 Å². The third-order valence-corrected chi connectivity index (χ3v) is 5.31. The highest BCUT2D eigenvalue weighted by molar-refractivity contribution is 7.86. The number of phenolic OH excluding ortho intramolecular Hbond substituents is 1. The van der Waals surface area contributed by atoms with E-state index >= 15 is 0 Å². The van der Waals surface area contributed by atoms with Crippen molar-refractivity contribution in [1.82, 2.24) is 0 Å². The summed E-state index contributed by atoms with van der Waals surface area (Å²) in [4.78, 5) is -1.58. The van der Waals surface area contributed by atoms with Gasteiger partial charge in [-0.25, -0.2) is 0 Å². The van der Waals surface area contributed by atoms with E-state index in [-0.39, 0.29) is 16.5 Å². The summed E-state index contributed by atoms with van der Waals surface area (Å²) in [5.41, 5.74) is 0.128. The molecule has 0 aliphatic carbocycles. The molecule has 11 heteroatoms. The van der Waals surface area contributed by atoms with Crippen molar-refractivity contribution in [3.05, 3.63) is 54.6 Å². The molecule has 0 fully saturated rings. The molecule has 3 aromatic rings. The summed E-state index contributed by atoms with van der Waals surface area (Å²) in [5, 5.41) is 17.6. The van der Waals surface area contributed by atoms with E-state index in [4.69, 9.17) is 0 Å². The average Bonchev–Trinajstić information content (AvgIpc) is 2.59. The summed E-state index contributed by atoms with van der Waals surface area (Å²) in [6, 6.07) is 12.3. The van der Waals surface area contributed by atoms with Crippen LogP contribution in [0.4, 0.5) is 11.4 Å². The van der Waals surface area contributed by atoms with Gasteiger partial charge in [0.05, 0.1) is 10.6 Å². The highest BCUT2D eigenvalue weighted by atomic mass is 32.2. The van der Waals surface area contributed by atoms with Crippen molar-refractivity contribution in [1.29, 1.82) is 0 Å². The van der Waals surface area contributed by atoms with Crippen LogP contribution in [0.2, 0.25) is 0 Å². The molecule has 0 radical (unpaired) electrons. The molecule has 0 bridgehead atoms. The first kappa shape index (κ1) is 18.9. The van der Waals surface area contributed by atoms with Crippen molar-refractivity contribution in [2.45, 2.75) is 9.79 Å². The number of benzene rings is 3. The predicted octanol–water partition coefficient (Wildman–Crippen LogP) is 3.45. The molecular weight excluding hydrogens is 396 g/mol. The van der Waals surface area contributed by atoms with Gasteiger partial charge in [-0.15, -0.1) is 5.11 Å². The molecule has 0 unspecified atom stereocenters. The van der Waals surface area contributed by atoms with E-state index in [1.54, 1.807) is 30.3 Å². The fraction of sp³-hybridized carbons (Fsp3) is 0. The number of azo groups is 1. The number of rotatable bonds is 4. The summed E-state index contributed by atoms with van der Waals surface area (Å²) in [6.07, 6.45) is 0. The van der Waals surface area contributed by atoms with Gasteiger partial charge in [-0.2, -0.15) is 21.9 Å². The smallest absolute Gasteiger partial charge is 0.295 e. The molecule has 0 saturated heterocycles. The maximum atomic E-state index is 11.8. The fourth-order valence-electron chi connectivity index (χ4n) is 2.43. The molecule has 27 heavy (non-hydrogen) atoms. The monoisotopic (exact) mass is 408 g/mol. The molecule has 0 aromatic heterocycles. The first-order valence-corrected chi connectivity index (χ1v) is 10.2. The van der Waals surface area contributed by atoms with Crippen LogP contribution in [0, 0.1) is 0 Å². The Kier molecular flexibility index (Phi) is 4.70. The van der Waals surface area contributed by atoms with E-state index in [0.29, 0.717) is 11.8 Å². The Balaban J connectivity index is 2.38. The maximum Gasteiger partial charge on any atom is 0.295 e. The molecule has 3 aromatic carbocycles. The zero-order valence-electron chi connectivity index (χ0n) is 13.4. The van der Waals surface area contributed by atoms with Gasteiger partial charge in [-0.05, 0) is 35.7 Å². The van der Waals surface area contributed by atoms with Crippen molar-refractivity contribution in [3.8, 4) is 5.75 Å². The van der Waals surface area contributed by atoms with Gasteiger partial charge in [0.15, 0.2) is 0 Å². The lowest BCUT2D eigenvalue weighted by Crippen LogP contribution is -2.04. The highest BCUT2D eigenvalue weighted by Gasteiger charge is 2.23. The van der Waals surface area contributed by atoms with Crippen LogP contribution in [0.5, 0.6) is 5.75 Å². The second-order valence-electron chi connectivity index (χ2n) is 5.44. The Morgan fingerprint density at radius 1 is 0.778 bits per heavy atom. The molecule has 0 heterocycles. The fourth-order valence-corrected chi connectivity index (χ4v) is 3.79. The zero-order chi connectivity index (χ0) is 19.8. The van der Waals surface area contributed by atoms with Crippen LogP contribution in [0.3, 0.4) is 0 Å². The first-order chi connectivity index (χ1) is 12.6. The van der Waals surface area contributed by atoms with Crippen molar-refractivity contribution < 1.29 is 31.0 Å². The van der Waals surface area contributed by atoms with E-state index in [1.165, 1.54) is 6.07 Å². The minimum atomic E-state index is -4.92. The van der Waals surface area contributed by atoms with Crippen LogP contribution in [-0.4, -0.2) is 31.0 Å². The summed E-state index contributed by atoms with van der Waals surface area (Å²) in [7, 11) is -9.67. The SMILES string of the molecule is O=S(=O)(O)c1cc(S(=O)(=O)O)c2c(/N=N\c3ccccc3)c(O)ccc2c1. The van der Waals surface area contributed by atoms with Crippen molar-refractivity contribution in [3.63, 3.8) is 0 Å². The van der Waals surface area contributed by atoms with Gasteiger partial charge < -0.3 is 5.11 Å². The van der Waals surface area contributed by atoms with Gasteiger partial charge in [0.25, 0.3) is 20.2 Å². The van der Waals surface area contributed by atoms with E-state index in [1.807, 2.05) is 0 Å². The molecule has 0 aliphatic rings. The van der Waals surface area contributed by atoms with Crippen molar-refractivity contribution >= 4 is 42.4 Å². The molecule has 3 N–H and O–H groups in total. The molecule has 0 atom stereocenters. The normalized spacial score (nSPS) is 12.7. The molecule has 0 spiro atoms. The zero-order valence-corrected chi connectivity index (χ0v) is 15.0. The molecule has 0 aliphatic heterocycles. The lowest BCUT2D eigenvalue weighted by molar-refractivity contribution is 0.477. The molecule has 140 valence electrons. The van der Waals surface area contributed by atoms with Gasteiger partial charge >= 0.3 is 0 Å². The van der Waals surface area contributed by atoms with Gasteiger partial charge in [-0.3, -0.25) is 9.11 Å². The quantitative estimate of drug-likeness (QED) is 0.441. The minimum Gasteiger partial charge on any atom is -0.506 e. The van der Waals surface area contributed by atoms with E-state index in [0.717, 1.165) is 12.1 Å². The van der Waals surface area contributed by atoms with Crippen molar-refractivity contribution in [2.24, 2.45) is 10.2 Å². The third kappa shape index (κ3) is 3.95. The standard InChI is InChI=1S/C16H12N2O7S2/c19-13-7-6-10-8-12(26(20,21)22)9-14(27(23,24)25)15(10)16(13)18-17-11-4-2-1-3-5-11/h1-9,19H,(H,20,21,22)(H,23,24,25)/b18-17-. The number of nitrogens with zero attached hydrogens (tertiary/aromatic N) is 2. The first-order valence-electron chi connectivity index (χ1n) is 7.29. The topological polar surface area (TPSA) is 154 Å². The van der Waals surface area contributed by atoms with Gasteiger partial charge in [0, 0.05) is 5.39 Å². The van der Waals surface area contributed by atoms with Gasteiger partial charge in [0.1, 0.15) is 16.3 Å². The second-order valence-corrected chi connectivity index (χ2v) is 8.25. The van der Waals surface area contributed by atoms with Crippen LogP contribution in [0.15, 0.2) is 74.6 Å². The molecule has 9 nitrogen and oxygen atoms in total. The van der Waals surface area contributed by atoms with Crippen LogP contribution in [0.25, 0.3) is 10.8 Å². The lowest BCUT2D eigenvalue weighted by Gasteiger charge is -2.10. The number of fused-ring (bicyclic) bond motifs is 1. The summed E-state index contributed by atoms with van der Waals surface area (Å²) in [5.74, 6) is -0.438. The minimum absolute atomic E-state index is 0.00226. The maximum absolute atomic E-state index is 11.8. The summed E-state index contributed by atoms with van der Waals surface area (Å²) >= 11 is 0. The molecular formula is C16H12N2O7S2. The predicted molar refractivity (Wildman–Crippen MR) is 95.9 cm³/mol. The van der Waals surface area contributed by atoms with E-state index < -0.39 is 35.8 Å². The van der Waals surface area contributed by atoms with Crippen LogP contribution in [0.1, 0.15) is 0 Å². The lowest BCUT2D eigenvalue weighted by atomic mass is 10.1. The summed E-state index contributed by atoms with van der Waals surface area (Å²) in [6.45, 7) is 0. The number of hydrogen-bond acceptors (Lipinski definition) is 7. The second kappa shape index (κ2) is 6.70. The highest BCUT2D eigenvalue weighted by Crippen LogP contribution is 2.40. The molecule has 3 rings (SSSR count). The van der Waals surface area contributed by atoms with Crippen LogP contribution >= 0.6 is 0 Å². The number of aromatic hydroxyl groups is 1. The van der Waals surface area contributed by atoms with E-state index in [9.17, 15) is 31.0 Å². The Bertz CT molecular complexity index is 1270. The average molecular weight is 408 g/mol. The van der Waals surface area contributed by atoms with Gasteiger partial charge in [-0.1, -0.05) is 24.3 Å².